The van der Waals surface area contributed by atoms with E-state index in [2.05, 4.69) is 39.7 Å². The van der Waals surface area contributed by atoms with Crippen molar-refractivity contribution in [3.63, 3.8) is 0 Å². The summed E-state index contributed by atoms with van der Waals surface area (Å²) in [5.74, 6) is 1.50. The van der Waals surface area contributed by atoms with Crippen LogP contribution in [-0.4, -0.2) is 14.5 Å². The molecule has 0 fully saturated rings. The number of benzene rings is 1. The molecule has 5 nitrogen and oxygen atoms in total. The lowest BCUT2D eigenvalue weighted by Gasteiger charge is -2.06. The topological polar surface area (TPSA) is 53.1 Å². The maximum atomic E-state index is 5.84. The molecule has 0 aliphatic heterocycles. The first-order valence-corrected chi connectivity index (χ1v) is 9.82. The quantitative estimate of drug-likeness (QED) is 0.426. The highest BCUT2D eigenvalue weighted by Crippen LogP contribution is 2.28. The Kier molecular flexibility index (Phi) is 5.34. The zero-order valence-corrected chi connectivity index (χ0v) is 16.0. The number of nitrogens with zero attached hydrogens (tertiary/aromatic N) is 3. The van der Waals surface area contributed by atoms with E-state index in [1.54, 1.807) is 17.6 Å². The lowest BCUT2D eigenvalue weighted by molar-refractivity contribution is 0.301. The van der Waals surface area contributed by atoms with Crippen LogP contribution in [0.25, 0.3) is 10.8 Å². The number of hydrogen-bond donors (Lipinski definition) is 0. The summed E-state index contributed by atoms with van der Waals surface area (Å²) in [7, 11) is 0. The zero-order chi connectivity index (χ0) is 18.5. The second kappa shape index (κ2) is 8.22. The predicted octanol–water partition coefficient (Wildman–Crippen LogP) is 5.12. The molecule has 0 bridgehead atoms. The van der Waals surface area contributed by atoms with Crippen molar-refractivity contribution >= 4 is 11.3 Å². The summed E-state index contributed by atoms with van der Waals surface area (Å²) in [6, 6.07) is 10.3. The minimum absolute atomic E-state index is 0.397. The molecular weight excluding hydrogens is 358 g/mol. The van der Waals surface area contributed by atoms with Crippen LogP contribution in [0.3, 0.4) is 0 Å². The van der Waals surface area contributed by atoms with Gasteiger partial charge in [0.2, 0.25) is 5.89 Å². The predicted molar refractivity (Wildman–Crippen MR) is 106 cm³/mol. The van der Waals surface area contributed by atoms with Crippen molar-refractivity contribution in [3.05, 3.63) is 77.5 Å². The van der Waals surface area contributed by atoms with Crippen LogP contribution >= 0.6 is 11.3 Å². The molecule has 6 heteroatoms. The maximum absolute atomic E-state index is 5.84. The van der Waals surface area contributed by atoms with Crippen LogP contribution in [0.1, 0.15) is 23.2 Å². The van der Waals surface area contributed by atoms with Crippen molar-refractivity contribution in [3.8, 4) is 16.5 Å². The number of oxazole rings is 1. The van der Waals surface area contributed by atoms with Gasteiger partial charge >= 0.3 is 0 Å². The van der Waals surface area contributed by atoms with Crippen LogP contribution in [0.5, 0.6) is 5.75 Å². The average molecular weight is 379 g/mol. The Hall–Kier alpha value is -2.86. The maximum Gasteiger partial charge on any atom is 0.236 e. The van der Waals surface area contributed by atoms with Crippen LogP contribution < -0.4 is 4.74 Å². The van der Waals surface area contributed by atoms with Crippen molar-refractivity contribution in [2.24, 2.45) is 0 Å². The standard InChI is InChI=1S/C21H21N3O2S/c1-16-8-12-27-20(16)21-23-18(14-26-21)13-25-19-6-4-17(5-7-19)3-2-10-24-11-9-22-15-24/h4-9,11-12,14-15H,2-3,10,13H2,1H3. The monoisotopic (exact) mass is 379 g/mol. The molecule has 0 N–H and O–H groups in total. The van der Waals surface area contributed by atoms with Crippen molar-refractivity contribution in [2.75, 3.05) is 0 Å². The van der Waals surface area contributed by atoms with Gasteiger partial charge in [-0.2, -0.15) is 0 Å². The smallest absolute Gasteiger partial charge is 0.236 e. The molecule has 3 aromatic heterocycles. The van der Waals surface area contributed by atoms with E-state index in [-0.39, 0.29) is 0 Å². The minimum atomic E-state index is 0.397. The van der Waals surface area contributed by atoms with Gasteiger partial charge in [-0.05, 0) is 54.5 Å². The number of ether oxygens (including phenoxy) is 1. The van der Waals surface area contributed by atoms with Gasteiger partial charge in [0.05, 0.1) is 11.2 Å². The summed E-state index contributed by atoms with van der Waals surface area (Å²) in [5.41, 5.74) is 3.28. The molecule has 0 radical (unpaired) electrons. The summed E-state index contributed by atoms with van der Waals surface area (Å²) < 4.78 is 13.5. The molecule has 3 heterocycles. The molecule has 0 spiro atoms. The Morgan fingerprint density at radius 3 is 2.81 bits per heavy atom. The molecule has 1 aromatic carbocycles. The van der Waals surface area contributed by atoms with Crippen LogP contribution in [-0.2, 0) is 19.6 Å². The molecule has 0 saturated carbocycles. The van der Waals surface area contributed by atoms with E-state index in [1.165, 1.54) is 11.1 Å². The number of rotatable bonds is 8. The normalized spacial score (nSPS) is 11.0. The summed E-state index contributed by atoms with van der Waals surface area (Å²) in [6.07, 6.45) is 9.44. The van der Waals surface area contributed by atoms with Crippen LogP contribution in [0, 0.1) is 6.92 Å². The number of imidazole rings is 1. The number of aryl methyl sites for hydroxylation is 3. The zero-order valence-electron chi connectivity index (χ0n) is 15.2. The average Bonchev–Trinajstić information content (AvgIpc) is 3.43. The molecular formula is C21H21N3O2S. The number of hydrogen-bond acceptors (Lipinski definition) is 5. The first kappa shape index (κ1) is 17.5. The first-order chi connectivity index (χ1) is 13.3. The van der Waals surface area contributed by atoms with Gasteiger partial charge in [0.1, 0.15) is 24.3 Å². The molecule has 138 valence electrons. The van der Waals surface area contributed by atoms with Crippen molar-refractivity contribution in [1.82, 2.24) is 14.5 Å². The van der Waals surface area contributed by atoms with E-state index in [0.717, 1.165) is 35.7 Å². The van der Waals surface area contributed by atoms with E-state index < -0.39 is 0 Å². The van der Waals surface area contributed by atoms with Gasteiger partial charge in [-0.3, -0.25) is 0 Å². The van der Waals surface area contributed by atoms with E-state index in [0.29, 0.717) is 12.5 Å². The fraction of sp³-hybridized carbons (Fsp3) is 0.238. The van der Waals surface area contributed by atoms with Crippen molar-refractivity contribution < 1.29 is 9.15 Å². The highest BCUT2D eigenvalue weighted by molar-refractivity contribution is 7.13. The van der Waals surface area contributed by atoms with Gasteiger partial charge in [0.25, 0.3) is 0 Å². The SMILES string of the molecule is Cc1ccsc1-c1nc(COc2ccc(CCCn3ccnc3)cc2)co1. The Bertz CT molecular complexity index is 971. The Morgan fingerprint density at radius 1 is 1.19 bits per heavy atom. The summed E-state index contributed by atoms with van der Waals surface area (Å²) >= 11 is 1.64. The third kappa shape index (κ3) is 4.46. The lowest BCUT2D eigenvalue weighted by Crippen LogP contribution is -1.98. The lowest BCUT2D eigenvalue weighted by atomic mass is 10.1. The Balaban J connectivity index is 1.27. The summed E-state index contributed by atoms with van der Waals surface area (Å²) in [4.78, 5) is 9.65. The van der Waals surface area contributed by atoms with Gasteiger partial charge in [0.15, 0.2) is 0 Å². The molecule has 0 saturated heterocycles. The van der Waals surface area contributed by atoms with E-state index in [9.17, 15) is 0 Å². The molecule has 0 aliphatic rings. The summed E-state index contributed by atoms with van der Waals surface area (Å²) in [5, 5.41) is 2.04. The second-order valence-electron chi connectivity index (χ2n) is 6.41. The van der Waals surface area contributed by atoms with E-state index in [1.807, 2.05) is 36.2 Å². The van der Waals surface area contributed by atoms with E-state index in [4.69, 9.17) is 9.15 Å². The van der Waals surface area contributed by atoms with Gasteiger partial charge in [0, 0.05) is 18.9 Å². The van der Waals surface area contributed by atoms with Gasteiger partial charge in [-0.15, -0.1) is 11.3 Å². The Labute approximate surface area is 162 Å². The summed E-state index contributed by atoms with van der Waals surface area (Å²) in [6.45, 7) is 3.44. The fourth-order valence-electron chi connectivity index (χ4n) is 2.86. The second-order valence-corrected chi connectivity index (χ2v) is 7.33. The highest BCUT2D eigenvalue weighted by atomic mass is 32.1. The molecule has 0 atom stereocenters. The third-order valence-corrected chi connectivity index (χ3v) is 5.36. The fourth-order valence-corrected chi connectivity index (χ4v) is 3.72. The van der Waals surface area contributed by atoms with Crippen molar-refractivity contribution in [2.45, 2.75) is 32.9 Å². The Morgan fingerprint density at radius 2 is 2.07 bits per heavy atom. The molecule has 0 aliphatic carbocycles. The number of aromatic nitrogens is 3. The van der Waals surface area contributed by atoms with Crippen molar-refractivity contribution in [1.29, 1.82) is 0 Å². The van der Waals surface area contributed by atoms with E-state index >= 15 is 0 Å². The first-order valence-electron chi connectivity index (χ1n) is 8.94. The van der Waals surface area contributed by atoms with Gasteiger partial charge in [-0.25, -0.2) is 9.97 Å². The minimum Gasteiger partial charge on any atom is -0.487 e. The van der Waals surface area contributed by atoms with Crippen LogP contribution in [0.15, 0.2) is 65.1 Å². The molecule has 0 unspecified atom stereocenters. The molecule has 4 aromatic rings. The molecule has 4 rings (SSSR count). The largest absolute Gasteiger partial charge is 0.487 e. The van der Waals surface area contributed by atoms with Crippen LogP contribution in [0.4, 0.5) is 0 Å². The molecule has 27 heavy (non-hydrogen) atoms. The number of thiophene rings is 1. The highest BCUT2D eigenvalue weighted by Gasteiger charge is 2.11. The molecule has 0 amide bonds. The van der Waals surface area contributed by atoms with Gasteiger partial charge in [-0.1, -0.05) is 12.1 Å². The van der Waals surface area contributed by atoms with Gasteiger partial charge < -0.3 is 13.7 Å². The third-order valence-electron chi connectivity index (χ3n) is 4.36. The van der Waals surface area contributed by atoms with Crippen LogP contribution in [0.2, 0.25) is 0 Å².